The highest BCUT2D eigenvalue weighted by atomic mass is 16.5. The van der Waals surface area contributed by atoms with Gasteiger partial charge in [0, 0.05) is 6.54 Å². The van der Waals surface area contributed by atoms with E-state index in [1.54, 1.807) is 18.4 Å². The fourth-order valence-corrected chi connectivity index (χ4v) is 2.73. The maximum absolute atomic E-state index is 11.6. The molecule has 6 nitrogen and oxygen atoms in total. The van der Waals surface area contributed by atoms with Crippen molar-refractivity contribution in [2.45, 2.75) is 26.3 Å². The number of hydrogen-bond acceptors (Lipinski definition) is 5. The second-order valence-electron chi connectivity index (χ2n) is 6.33. The fourth-order valence-electron chi connectivity index (χ4n) is 2.73. The molecule has 0 aliphatic heterocycles. The number of carboxylic acids is 1. The van der Waals surface area contributed by atoms with E-state index >= 15 is 0 Å². The van der Waals surface area contributed by atoms with Crippen LogP contribution in [0, 0.1) is 0 Å². The molecule has 0 saturated carbocycles. The first-order chi connectivity index (χ1) is 13.7. The molecule has 0 amide bonds. The van der Waals surface area contributed by atoms with Gasteiger partial charge in [0.25, 0.3) is 0 Å². The number of benzene rings is 2. The summed E-state index contributed by atoms with van der Waals surface area (Å²) in [6.07, 6.45) is 3.60. The predicted molar refractivity (Wildman–Crippen MR) is 109 cm³/mol. The van der Waals surface area contributed by atoms with Crippen molar-refractivity contribution in [2.75, 3.05) is 17.2 Å². The molecule has 1 heterocycles. The summed E-state index contributed by atoms with van der Waals surface area (Å²) >= 11 is 0. The van der Waals surface area contributed by atoms with Gasteiger partial charge < -0.3 is 24.9 Å². The highest BCUT2D eigenvalue weighted by Gasteiger charge is 2.17. The maximum Gasteiger partial charge on any atom is 0.335 e. The summed E-state index contributed by atoms with van der Waals surface area (Å²) in [5, 5.41) is 16.1. The molecule has 0 unspecified atom stereocenters. The van der Waals surface area contributed by atoms with Gasteiger partial charge in [0.1, 0.15) is 11.5 Å². The lowest BCUT2D eigenvalue weighted by molar-refractivity contribution is 0.0697. The third-order valence-corrected chi connectivity index (χ3v) is 4.18. The molecule has 0 aliphatic rings. The molecule has 0 atom stereocenters. The largest absolute Gasteiger partial charge is 0.478 e. The lowest BCUT2D eigenvalue weighted by Crippen LogP contribution is -2.09. The first kappa shape index (κ1) is 19.4. The third-order valence-electron chi connectivity index (χ3n) is 4.18. The monoisotopic (exact) mass is 380 g/mol. The minimum absolute atomic E-state index is 0.182. The average Bonchev–Trinajstić information content (AvgIpc) is 3.22. The minimum Gasteiger partial charge on any atom is -0.478 e. The molecule has 0 aliphatic carbocycles. The number of anilines is 2. The van der Waals surface area contributed by atoms with Crippen molar-refractivity contribution in [3.8, 4) is 11.5 Å². The van der Waals surface area contributed by atoms with Gasteiger partial charge >= 0.3 is 5.97 Å². The second kappa shape index (κ2) is 9.50. The van der Waals surface area contributed by atoms with Gasteiger partial charge in [-0.3, -0.25) is 0 Å². The Morgan fingerprint density at radius 1 is 1.07 bits per heavy atom. The van der Waals surface area contributed by atoms with Crippen molar-refractivity contribution < 1.29 is 19.1 Å². The predicted octanol–water partition coefficient (Wildman–Crippen LogP) is 5.59. The molecule has 146 valence electrons. The van der Waals surface area contributed by atoms with E-state index in [0.717, 1.165) is 25.1 Å². The fraction of sp³-hybridized carbons (Fsp3) is 0.227. The number of nitrogens with one attached hydrogen (secondary N) is 2. The lowest BCUT2D eigenvalue weighted by atomic mass is 10.1. The Kier molecular flexibility index (Phi) is 6.57. The number of rotatable bonds is 10. The van der Waals surface area contributed by atoms with E-state index < -0.39 is 5.97 Å². The van der Waals surface area contributed by atoms with E-state index in [4.69, 9.17) is 9.15 Å². The molecule has 28 heavy (non-hydrogen) atoms. The van der Waals surface area contributed by atoms with Gasteiger partial charge in [-0.05, 0) is 42.8 Å². The van der Waals surface area contributed by atoms with E-state index in [9.17, 15) is 9.90 Å². The average molecular weight is 380 g/mol. The zero-order valence-corrected chi connectivity index (χ0v) is 15.8. The summed E-state index contributed by atoms with van der Waals surface area (Å²) < 4.78 is 11.5. The number of unbranched alkanes of at least 4 members (excludes halogenated alkanes) is 1. The summed E-state index contributed by atoms with van der Waals surface area (Å²) in [6, 6.07) is 16.3. The summed E-state index contributed by atoms with van der Waals surface area (Å²) in [6.45, 7) is 3.24. The number of para-hydroxylation sites is 1. The van der Waals surface area contributed by atoms with Crippen LogP contribution in [-0.2, 0) is 6.54 Å². The third kappa shape index (κ3) is 5.07. The SMILES string of the molecule is CCCCNc1cc(C(=O)O)cc(NCc2ccco2)c1Oc1ccccc1. The van der Waals surface area contributed by atoms with E-state index in [1.165, 1.54) is 0 Å². The Bertz CT molecular complexity index is 892. The number of furan rings is 1. The van der Waals surface area contributed by atoms with E-state index in [-0.39, 0.29) is 5.56 Å². The van der Waals surface area contributed by atoms with Gasteiger partial charge in [0.2, 0.25) is 0 Å². The van der Waals surface area contributed by atoms with E-state index in [0.29, 0.717) is 29.4 Å². The van der Waals surface area contributed by atoms with Gasteiger partial charge in [0.05, 0.1) is 29.7 Å². The van der Waals surface area contributed by atoms with Crippen LogP contribution in [0.15, 0.2) is 65.3 Å². The molecular weight excluding hydrogens is 356 g/mol. The maximum atomic E-state index is 11.6. The Labute approximate surface area is 164 Å². The molecule has 1 aromatic heterocycles. The number of hydrogen-bond donors (Lipinski definition) is 3. The van der Waals surface area contributed by atoms with Crippen molar-refractivity contribution in [3.63, 3.8) is 0 Å². The summed E-state index contributed by atoms with van der Waals surface area (Å²) in [5.41, 5.74) is 1.40. The molecule has 3 N–H and O–H groups in total. The van der Waals surface area contributed by atoms with Crippen molar-refractivity contribution in [1.82, 2.24) is 0 Å². The molecule has 0 saturated heterocycles. The summed E-state index contributed by atoms with van der Waals surface area (Å²) in [5.74, 6) is 0.974. The van der Waals surface area contributed by atoms with Crippen LogP contribution in [0.4, 0.5) is 11.4 Å². The normalized spacial score (nSPS) is 10.5. The van der Waals surface area contributed by atoms with Crippen LogP contribution >= 0.6 is 0 Å². The lowest BCUT2D eigenvalue weighted by Gasteiger charge is -2.19. The highest BCUT2D eigenvalue weighted by molar-refractivity contribution is 5.92. The first-order valence-electron chi connectivity index (χ1n) is 9.31. The number of carbonyl (C=O) groups is 1. The van der Waals surface area contributed by atoms with Crippen LogP contribution in [0.1, 0.15) is 35.9 Å². The van der Waals surface area contributed by atoms with Crippen molar-refractivity contribution in [3.05, 3.63) is 72.2 Å². The van der Waals surface area contributed by atoms with Crippen molar-refractivity contribution in [2.24, 2.45) is 0 Å². The second-order valence-corrected chi connectivity index (χ2v) is 6.33. The molecule has 2 aromatic carbocycles. The van der Waals surface area contributed by atoms with E-state index in [1.807, 2.05) is 42.5 Å². The van der Waals surface area contributed by atoms with Crippen LogP contribution in [0.2, 0.25) is 0 Å². The number of aromatic carboxylic acids is 1. The molecule has 6 heteroatoms. The zero-order chi connectivity index (χ0) is 19.8. The molecule has 3 aromatic rings. The Morgan fingerprint density at radius 3 is 2.46 bits per heavy atom. The number of carboxylic acid groups (broad SMARTS) is 1. The molecule has 0 bridgehead atoms. The Hall–Kier alpha value is -3.41. The van der Waals surface area contributed by atoms with Gasteiger partial charge in [-0.1, -0.05) is 31.5 Å². The summed E-state index contributed by atoms with van der Waals surface area (Å²) in [7, 11) is 0. The molecule has 0 fully saturated rings. The molecular formula is C22H24N2O4. The van der Waals surface area contributed by atoms with E-state index in [2.05, 4.69) is 17.6 Å². The van der Waals surface area contributed by atoms with Gasteiger partial charge in [-0.2, -0.15) is 0 Å². The quantitative estimate of drug-likeness (QED) is 0.397. The zero-order valence-electron chi connectivity index (χ0n) is 15.8. The summed E-state index contributed by atoms with van der Waals surface area (Å²) in [4.78, 5) is 11.6. The standard InChI is InChI=1S/C22H24N2O4/c1-2-3-11-23-19-13-16(22(25)26)14-20(24-15-18-10-7-12-27-18)21(19)28-17-8-5-4-6-9-17/h4-10,12-14,23-24H,2-3,11,15H2,1H3,(H,25,26). The van der Waals surface area contributed by atoms with Gasteiger partial charge in [-0.25, -0.2) is 4.79 Å². The smallest absolute Gasteiger partial charge is 0.335 e. The van der Waals surface area contributed by atoms with Crippen LogP contribution in [0.3, 0.4) is 0 Å². The van der Waals surface area contributed by atoms with Crippen LogP contribution < -0.4 is 15.4 Å². The first-order valence-corrected chi connectivity index (χ1v) is 9.31. The van der Waals surface area contributed by atoms with Crippen LogP contribution in [0.5, 0.6) is 11.5 Å². The highest BCUT2D eigenvalue weighted by Crippen LogP contribution is 2.39. The minimum atomic E-state index is -0.995. The van der Waals surface area contributed by atoms with Gasteiger partial charge in [0.15, 0.2) is 5.75 Å². The van der Waals surface area contributed by atoms with Gasteiger partial charge in [-0.15, -0.1) is 0 Å². The van der Waals surface area contributed by atoms with Crippen molar-refractivity contribution in [1.29, 1.82) is 0 Å². The Balaban J connectivity index is 1.97. The topological polar surface area (TPSA) is 83.7 Å². The molecule has 0 spiro atoms. The molecule has 3 rings (SSSR count). The van der Waals surface area contributed by atoms with Crippen LogP contribution in [0.25, 0.3) is 0 Å². The number of ether oxygens (including phenoxy) is 1. The van der Waals surface area contributed by atoms with Crippen molar-refractivity contribution >= 4 is 17.3 Å². The van der Waals surface area contributed by atoms with Crippen LogP contribution in [-0.4, -0.2) is 17.6 Å². The Morgan fingerprint density at radius 2 is 1.82 bits per heavy atom. The molecule has 0 radical (unpaired) electrons.